The van der Waals surface area contributed by atoms with Crippen LogP contribution >= 0.6 is 0 Å². The fraction of sp³-hybridized carbons (Fsp3) is 1.00. The molecular formula is C15H35AlMgO20Si5. The average Bonchev–Trinajstić information content (AvgIpc) is 2.86. The normalized spacial score (nSPS) is 8.21. The fourth-order valence-corrected chi connectivity index (χ4v) is 2.66. The van der Waals surface area contributed by atoms with Crippen LogP contribution in [-0.4, -0.2) is 178 Å². The Morgan fingerprint density at radius 3 is 0.571 bits per heavy atom. The Bertz CT molecular complexity index is 498. The maximum atomic E-state index is 9.64. The molecule has 0 unspecified atom stereocenters. The molecule has 0 saturated carbocycles. The van der Waals surface area contributed by atoms with Crippen molar-refractivity contribution < 1.29 is 94.0 Å². The van der Waals surface area contributed by atoms with Crippen LogP contribution in [0.1, 0.15) is 32.1 Å². The average molecular weight is 727 g/mol. The Balaban J connectivity index is -0.0000000721. The first-order valence-electron chi connectivity index (χ1n) is 11.1. The Kier molecular flexibility index (Phi) is 71.5. The van der Waals surface area contributed by atoms with Crippen LogP contribution in [0.15, 0.2) is 0 Å². The van der Waals surface area contributed by atoms with Crippen molar-refractivity contribution in [3.05, 3.63) is 0 Å². The van der Waals surface area contributed by atoms with E-state index in [1.54, 1.807) is 0 Å². The van der Waals surface area contributed by atoms with Crippen LogP contribution in [0, 0.1) is 0 Å². The van der Waals surface area contributed by atoms with Gasteiger partial charge in [-0.15, -0.1) is 0 Å². The Morgan fingerprint density at radius 1 is 0.381 bits per heavy atom. The van der Waals surface area contributed by atoms with E-state index in [0.717, 1.165) is 0 Å². The third-order valence-corrected chi connectivity index (χ3v) is 4.81. The zero-order valence-corrected chi connectivity index (χ0v) is 30.3. The van der Waals surface area contributed by atoms with Crippen molar-refractivity contribution in [2.45, 2.75) is 32.1 Å². The molecule has 0 aliphatic rings. The number of rotatable bonds is 20. The SMILES string of the molecule is O=[Si]([O-])OCCCO.O=[Si]([O-])OCCCO.O=[Si]([O-])OCCCO.O=[Si]([O-])OCCCO.O=[Si]([O-])OCCCO.[Al+3].[Mg+2]. The van der Waals surface area contributed by atoms with Gasteiger partial charge in [-0.05, 0) is 32.1 Å². The monoisotopic (exact) mass is 726 g/mol. The maximum Gasteiger partial charge on any atom is 3.00 e. The van der Waals surface area contributed by atoms with Gasteiger partial charge in [-0.3, -0.25) is 0 Å². The Labute approximate surface area is 277 Å². The maximum absolute atomic E-state index is 9.64. The van der Waals surface area contributed by atoms with E-state index in [-0.39, 0.29) is 106 Å². The fourth-order valence-electron chi connectivity index (χ4n) is 1.10. The summed E-state index contributed by atoms with van der Waals surface area (Å²) in [6, 6.07) is 0. The van der Waals surface area contributed by atoms with Gasteiger partial charge in [0, 0.05) is 66.1 Å². The van der Waals surface area contributed by atoms with Gasteiger partial charge in [0.1, 0.15) is 0 Å². The van der Waals surface area contributed by atoms with Gasteiger partial charge in [0.25, 0.3) is 0 Å². The van der Waals surface area contributed by atoms with Crippen LogP contribution < -0.4 is 24.0 Å². The van der Waals surface area contributed by atoms with Crippen molar-refractivity contribution in [2.75, 3.05) is 66.1 Å². The summed E-state index contributed by atoms with van der Waals surface area (Å²) in [6.45, 7) is 0.312. The number of hydrogen-bond donors (Lipinski definition) is 5. The van der Waals surface area contributed by atoms with Gasteiger partial charge in [-0.2, -0.15) is 0 Å². The molecule has 0 rings (SSSR count). The van der Waals surface area contributed by atoms with Crippen LogP contribution in [0.2, 0.25) is 0 Å². The van der Waals surface area contributed by atoms with E-state index in [4.69, 9.17) is 25.5 Å². The topological polar surface area (TPSA) is 348 Å². The molecule has 0 bridgehead atoms. The molecule has 0 spiro atoms. The second kappa shape index (κ2) is 52.8. The standard InChI is InChI=1S/5C3H7O4Si.Al.Mg/c5*4-2-1-3-7-8(5)6;;/h5*4H,1-3H2;;/q5*-1;+3;+2. The quantitative estimate of drug-likeness (QED) is 0.0574. The van der Waals surface area contributed by atoms with E-state index in [0.29, 0.717) is 32.1 Å². The first kappa shape index (κ1) is 56.9. The van der Waals surface area contributed by atoms with E-state index in [2.05, 4.69) is 22.1 Å². The van der Waals surface area contributed by atoms with Gasteiger partial charge >= 0.3 is 86.3 Å². The third kappa shape index (κ3) is 97.7. The zero-order valence-electron chi connectivity index (χ0n) is 22.8. The predicted molar refractivity (Wildman–Crippen MR) is 132 cm³/mol. The summed E-state index contributed by atoms with van der Waals surface area (Å²) >= 11 is 0. The van der Waals surface area contributed by atoms with Crippen molar-refractivity contribution in [1.29, 1.82) is 0 Å². The molecule has 0 aromatic heterocycles. The first-order valence-corrected chi connectivity index (χ1v) is 17.2. The van der Waals surface area contributed by atoms with E-state index >= 15 is 0 Å². The minimum absolute atomic E-state index is 0. The number of aliphatic hydroxyl groups excluding tert-OH is 5. The van der Waals surface area contributed by atoms with Crippen molar-refractivity contribution in [3.8, 4) is 0 Å². The summed E-state index contributed by atoms with van der Waals surface area (Å²) in [5, 5.41) is 40.5. The van der Waals surface area contributed by atoms with Gasteiger partial charge in [-0.25, -0.2) is 0 Å². The molecule has 0 aromatic rings. The summed E-state index contributed by atoms with van der Waals surface area (Å²) in [7, 11) is -15.1. The van der Waals surface area contributed by atoms with Gasteiger partial charge < -0.3 is 94.0 Å². The molecule has 0 heterocycles. The molecule has 0 fully saturated rings. The molecule has 0 aliphatic heterocycles. The molecule has 0 radical (unpaired) electrons. The zero-order chi connectivity index (χ0) is 32.0. The van der Waals surface area contributed by atoms with E-state index in [9.17, 15) is 46.3 Å². The second-order valence-electron chi connectivity index (χ2n) is 5.88. The largest absolute Gasteiger partial charge is 3.00 e. The molecule has 0 atom stereocenters. The van der Waals surface area contributed by atoms with Crippen LogP contribution in [0.3, 0.4) is 0 Å². The number of aliphatic hydroxyl groups is 5. The molecule has 240 valence electrons. The van der Waals surface area contributed by atoms with Gasteiger partial charge in [0.15, 0.2) is 0 Å². The van der Waals surface area contributed by atoms with E-state index in [1.807, 2.05) is 0 Å². The molecule has 5 N–H and O–H groups in total. The summed E-state index contributed by atoms with van der Waals surface area (Å²) in [6.07, 6.45) is 1.87. The van der Waals surface area contributed by atoms with Crippen LogP contribution in [0.25, 0.3) is 0 Å². The Morgan fingerprint density at radius 2 is 0.500 bits per heavy atom. The van der Waals surface area contributed by atoms with Crippen LogP contribution in [0.4, 0.5) is 0 Å². The van der Waals surface area contributed by atoms with Crippen LogP contribution in [0.5, 0.6) is 0 Å². The first-order chi connectivity index (χ1) is 18.9. The predicted octanol–water partition coefficient (Wildman–Crippen LogP) is -9.96. The van der Waals surface area contributed by atoms with Gasteiger partial charge in [0.05, 0.1) is 0 Å². The van der Waals surface area contributed by atoms with Crippen molar-refractivity contribution in [1.82, 2.24) is 0 Å². The van der Waals surface area contributed by atoms with Crippen LogP contribution in [-0.2, 0) is 44.4 Å². The summed E-state index contributed by atoms with van der Waals surface area (Å²) in [4.78, 5) is 48.2. The molecule has 0 aliphatic carbocycles. The molecular weight excluding hydrogens is 692 g/mol. The van der Waals surface area contributed by atoms with Crippen molar-refractivity contribution in [2.24, 2.45) is 0 Å². The van der Waals surface area contributed by atoms with Gasteiger partial charge in [-0.1, -0.05) is 0 Å². The Hall–Kier alpha value is -0.817. The molecule has 42 heavy (non-hydrogen) atoms. The summed E-state index contributed by atoms with van der Waals surface area (Å²) < 4.78 is 68.8. The molecule has 20 nitrogen and oxygen atoms in total. The van der Waals surface area contributed by atoms with Crippen molar-refractivity contribution in [3.63, 3.8) is 0 Å². The second-order valence-corrected chi connectivity index (χ2v) is 9.82. The molecule has 0 amide bonds. The smallest absolute Gasteiger partial charge is 0.588 e. The summed E-state index contributed by atoms with van der Waals surface area (Å²) in [5.74, 6) is 0. The third-order valence-electron chi connectivity index (χ3n) is 2.61. The minimum Gasteiger partial charge on any atom is -0.588 e. The number of hydrogen-bond acceptors (Lipinski definition) is 20. The molecule has 0 saturated heterocycles. The molecule has 0 aromatic carbocycles. The van der Waals surface area contributed by atoms with E-state index in [1.165, 1.54) is 0 Å². The van der Waals surface area contributed by atoms with Gasteiger partial charge in [0.2, 0.25) is 0 Å². The molecule has 27 heteroatoms. The van der Waals surface area contributed by atoms with E-state index < -0.39 is 45.9 Å². The minimum atomic E-state index is -3.02. The summed E-state index contributed by atoms with van der Waals surface area (Å²) in [5.41, 5.74) is 0. The van der Waals surface area contributed by atoms with Crippen molar-refractivity contribution >= 4 is 86.3 Å².